The van der Waals surface area contributed by atoms with E-state index >= 15 is 0 Å². The first-order valence-electron chi connectivity index (χ1n) is 8.32. The fourth-order valence-electron chi connectivity index (χ4n) is 2.28. The van der Waals surface area contributed by atoms with E-state index < -0.39 is 24.2 Å². The zero-order chi connectivity index (χ0) is 19.6. The molecular weight excluding hydrogens is 363 g/mol. The molecule has 0 aliphatic carbocycles. The van der Waals surface area contributed by atoms with Gasteiger partial charge < -0.3 is 9.47 Å². The van der Waals surface area contributed by atoms with Gasteiger partial charge in [0.25, 0.3) is 0 Å². The number of hydrogen-bond donors (Lipinski definition) is 0. The van der Waals surface area contributed by atoms with Gasteiger partial charge in [-0.05, 0) is 26.8 Å². The van der Waals surface area contributed by atoms with Crippen LogP contribution in [0.5, 0.6) is 5.88 Å². The number of halogens is 3. The average Bonchev–Trinajstić information content (AvgIpc) is 3.06. The lowest BCUT2D eigenvalue weighted by atomic mass is 10.2. The van der Waals surface area contributed by atoms with Crippen LogP contribution >= 0.6 is 0 Å². The lowest BCUT2D eigenvalue weighted by Gasteiger charge is -2.15. The van der Waals surface area contributed by atoms with Crippen LogP contribution in [0.2, 0.25) is 0 Å². The molecule has 0 fully saturated rings. The van der Waals surface area contributed by atoms with Crippen molar-refractivity contribution in [1.82, 2.24) is 24.6 Å². The molecule has 0 amide bonds. The van der Waals surface area contributed by atoms with Crippen LogP contribution in [0.4, 0.5) is 13.2 Å². The number of fused-ring (bicyclic) bond motifs is 1. The third kappa shape index (κ3) is 4.00. The summed E-state index contributed by atoms with van der Waals surface area (Å²) in [6, 6.07) is 3.21. The maximum Gasteiger partial charge on any atom is 0.418 e. The van der Waals surface area contributed by atoms with E-state index in [0.717, 1.165) is 4.40 Å². The third-order valence-electron chi connectivity index (χ3n) is 3.86. The van der Waals surface area contributed by atoms with Crippen molar-refractivity contribution in [2.75, 3.05) is 6.61 Å². The summed E-state index contributed by atoms with van der Waals surface area (Å²) in [6.07, 6.45) is -1.20. The van der Waals surface area contributed by atoms with Crippen molar-refractivity contribution in [1.29, 1.82) is 0 Å². The Bertz CT molecular complexity index is 915. The summed E-state index contributed by atoms with van der Waals surface area (Å²) in [5.41, 5.74) is 1.10. The number of aromatic nitrogens is 5. The lowest BCUT2D eigenvalue weighted by Crippen LogP contribution is -2.22. The molecule has 0 N–H and O–H groups in total. The van der Waals surface area contributed by atoms with Crippen molar-refractivity contribution in [3.05, 3.63) is 36.5 Å². The summed E-state index contributed by atoms with van der Waals surface area (Å²) in [5, 5.41) is 7.20. The van der Waals surface area contributed by atoms with E-state index in [1.807, 2.05) is 0 Å². The molecule has 27 heavy (non-hydrogen) atoms. The number of hydrogen-bond acceptors (Lipinski definition) is 6. The van der Waals surface area contributed by atoms with Crippen LogP contribution in [0.1, 0.15) is 26.6 Å². The van der Waals surface area contributed by atoms with Gasteiger partial charge in [0.2, 0.25) is 11.7 Å². The highest BCUT2D eigenvalue weighted by Crippen LogP contribution is 2.29. The third-order valence-corrected chi connectivity index (χ3v) is 3.86. The summed E-state index contributed by atoms with van der Waals surface area (Å²) in [4.78, 5) is 8.29. The monoisotopic (exact) mass is 381 g/mol. The van der Waals surface area contributed by atoms with Crippen LogP contribution < -0.4 is 4.74 Å². The average molecular weight is 381 g/mol. The molecule has 7 nitrogen and oxygen atoms in total. The fraction of sp³-hybridized carbons (Fsp3) is 0.412. The van der Waals surface area contributed by atoms with Gasteiger partial charge in [-0.3, -0.25) is 9.38 Å². The molecule has 0 aliphatic heterocycles. The number of alkyl halides is 3. The Morgan fingerprint density at radius 2 is 1.93 bits per heavy atom. The van der Waals surface area contributed by atoms with E-state index in [0.29, 0.717) is 11.3 Å². The second kappa shape index (κ2) is 7.47. The normalized spacial score (nSPS) is 14.3. The molecule has 144 valence electrons. The van der Waals surface area contributed by atoms with Gasteiger partial charge in [-0.15, -0.1) is 10.2 Å². The number of pyridine rings is 1. The molecule has 0 aromatic carbocycles. The van der Waals surface area contributed by atoms with E-state index in [4.69, 9.17) is 4.74 Å². The van der Waals surface area contributed by atoms with Crippen LogP contribution in [0.15, 0.2) is 30.7 Å². The Morgan fingerprint density at radius 1 is 1.15 bits per heavy atom. The van der Waals surface area contributed by atoms with Gasteiger partial charge >= 0.3 is 6.11 Å². The predicted molar refractivity (Wildman–Crippen MR) is 90.2 cm³/mol. The first-order valence-corrected chi connectivity index (χ1v) is 8.32. The highest BCUT2D eigenvalue weighted by atomic mass is 19.3. The van der Waals surface area contributed by atoms with Crippen LogP contribution in [0, 0.1) is 0 Å². The molecule has 10 heteroatoms. The first kappa shape index (κ1) is 19.0. The maximum absolute atomic E-state index is 14.1. The Hall–Kier alpha value is -2.75. The molecule has 0 saturated carbocycles. The molecule has 3 aromatic heterocycles. The van der Waals surface area contributed by atoms with Gasteiger partial charge in [-0.1, -0.05) is 0 Å². The molecular formula is C17H18F3N5O2. The van der Waals surface area contributed by atoms with Gasteiger partial charge in [0.1, 0.15) is 12.3 Å². The predicted octanol–water partition coefficient (Wildman–Crippen LogP) is 3.40. The molecule has 1 unspecified atom stereocenters. The summed E-state index contributed by atoms with van der Waals surface area (Å²) < 4.78 is 52.3. The van der Waals surface area contributed by atoms with Crippen LogP contribution in [0.25, 0.3) is 16.9 Å². The van der Waals surface area contributed by atoms with E-state index in [-0.39, 0.29) is 18.1 Å². The fourth-order valence-corrected chi connectivity index (χ4v) is 2.28. The van der Waals surface area contributed by atoms with Gasteiger partial charge in [-0.25, -0.2) is 9.37 Å². The quantitative estimate of drug-likeness (QED) is 0.625. The standard InChI is InChI=1S/C17H18F3N5O2/c1-4-26-17(19,20)16-24-23-14-8-21-13(9-25(14)16)12-5-6-15(22-7-12)27-11(3)10(2)18/h5-11H,4H2,1-3H3/t10?,11-/m0/s1. The van der Waals surface area contributed by atoms with Crippen molar-refractivity contribution in [3.8, 4) is 17.1 Å². The lowest BCUT2D eigenvalue weighted by molar-refractivity contribution is -0.251. The first-order chi connectivity index (χ1) is 12.8. The molecule has 3 heterocycles. The largest absolute Gasteiger partial charge is 0.472 e. The Kier molecular flexibility index (Phi) is 5.26. The van der Waals surface area contributed by atoms with Gasteiger partial charge in [-0.2, -0.15) is 8.78 Å². The van der Waals surface area contributed by atoms with Crippen molar-refractivity contribution >= 4 is 5.65 Å². The van der Waals surface area contributed by atoms with Crippen LogP contribution in [-0.2, 0) is 10.8 Å². The van der Waals surface area contributed by atoms with Crippen molar-refractivity contribution < 1.29 is 22.6 Å². The summed E-state index contributed by atoms with van der Waals surface area (Å²) in [5.74, 6) is -0.383. The minimum atomic E-state index is -3.58. The molecule has 0 radical (unpaired) electrons. The Labute approximate surface area is 153 Å². The highest BCUT2D eigenvalue weighted by molar-refractivity contribution is 5.59. The highest BCUT2D eigenvalue weighted by Gasteiger charge is 2.38. The molecule has 0 spiro atoms. The summed E-state index contributed by atoms with van der Waals surface area (Å²) in [7, 11) is 0. The summed E-state index contributed by atoms with van der Waals surface area (Å²) in [6.45, 7) is 4.28. The van der Waals surface area contributed by atoms with E-state index in [2.05, 4.69) is 24.9 Å². The minimum Gasteiger partial charge on any atom is -0.472 e. The molecule has 3 rings (SSSR count). The zero-order valence-corrected chi connectivity index (χ0v) is 14.9. The van der Waals surface area contributed by atoms with Gasteiger partial charge in [0, 0.05) is 24.0 Å². The Morgan fingerprint density at radius 3 is 2.56 bits per heavy atom. The SMILES string of the molecule is CCOC(F)(F)c1nnc2cnc(-c3ccc(O[C@@H](C)C(C)F)nc3)cn12. The van der Waals surface area contributed by atoms with Crippen LogP contribution in [-0.4, -0.2) is 43.4 Å². The van der Waals surface area contributed by atoms with Gasteiger partial charge in [0.15, 0.2) is 5.65 Å². The van der Waals surface area contributed by atoms with Gasteiger partial charge in [0.05, 0.1) is 18.5 Å². The smallest absolute Gasteiger partial charge is 0.418 e. The second-order valence-corrected chi connectivity index (χ2v) is 5.86. The molecule has 2 atom stereocenters. The van der Waals surface area contributed by atoms with E-state index in [1.165, 1.54) is 32.4 Å². The second-order valence-electron chi connectivity index (χ2n) is 5.86. The minimum absolute atomic E-state index is 0.159. The van der Waals surface area contributed by atoms with E-state index in [1.54, 1.807) is 19.1 Å². The molecule has 3 aromatic rings. The number of rotatable bonds is 7. The maximum atomic E-state index is 14.1. The molecule has 0 saturated heterocycles. The Balaban J connectivity index is 1.91. The van der Waals surface area contributed by atoms with Crippen LogP contribution in [0.3, 0.4) is 0 Å². The van der Waals surface area contributed by atoms with E-state index in [9.17, 15) is 13.2 Å². The topological polar surface area (TPSA) is 74.4 Å². The number of ether oxygens (including phenoxy) is 2. The molecule has 0 aliphatic rings. The van der Waals surface area contributed by atoms with Crippen molar-refractivity contribution in [2.45, 2.75) is 39.2 Å². The zero-order valence-electron chi connectivity index (χ0n) is 14.9. The van der Waals surface area contributed by atoms with Crippen molar-refractivity contribution in [3.63, 3.8) is 0 Å². The molecule has 0 bridgehead atoms. The van der Waals surface area contributed by atoms with Crippen molar-refractivity contribution in [2.24, 2.45) is 0 Å². The summed E-state index contributed by atoms with van der Waals surface area (Å²) >= 11 is 0. The number of nitrogens with zero attached hydrogens (tertiary/aromatic N) is 5.